The Labute approximate surface area is 240 Å². The topological polar surface area (TPSA) is 52.1 Å². The molecule has 0 amide bonds. The third-order valence-electron chi connectivity index (χ3n) is 7.49. The average Bonchev–Trinajstić information content (AvgIpc) is 2.97. The molecule has 1 atom stereocenters. The van der Waals surface area contributed by atoms with E-state index in [9.17, 15) is 9.18 Å². The molecule has 3 aromatic rings. The van der Waals surface area contributed by atoms with Gasteiger partial charge in [0.1, 0.15) is 5.75 Å². The number of halogens is 1. The molecule has 0 bridgehead atoms. The fraction of sp³-hybridized carbons (Fsp3) is 0.514. The molecule has 0 aliphatic rings. The molecule has 1 unspecified atom stereocenters. The number of esters is 1. The minimum absolute atomic E-state index is 0.176. The normalized spacial score (nSPS) is 12.7. The highest BCUT2D eigenvalue weighted by Gasteiger charge is 2.34. The van der Waals surface area contributed by atoms with Crippen molar-refractivity contribution in [3.63, 3.8) is 0 Å². The van der Waals surface area contributed by atoms with Crippen LogP contribution in [-0.4, -0.2) is 21.6 Å². The van der Waals surface area contributed by atoms with E-state index in [1.807, 2.05) is 48.8 Å². The van der Waals surface area contributed by atoms with Crippen molar-refractivity contribution in [2.75, 3.05) is 0 Å². The second-order valence-corrected chi connectivity index (χ2v) is 11.1. The van der Waals surface area contributed by atoms with Crippen molar-refractivity contribution < 1.29 is 13.9 Å². The Kier molecular flexibility index (Phi) is 13.3. The molecule has 0 aliphatic carbocycles. The first-order valence-corrected chi connectivity index (χ1v) is 15.4. The number of hydrogen-bond acceptors (Lipinski definition) is 4. The molecule has 0 N–H and O–H groups in total. The quantitative estimate of drug-likeness (QED) is 0.0905. The van der Waals surface area contributed by atoms with E-state index in [0.29, 0.717) is 18.0 Å². The van der Waals surface area contributed by atoms with E-state index in [-0.39, 0.29) is 6.42 Å². The van der Waals surface area contributed by atoms with Crippen LogP contribution < -0.4 is 4.74 Å². The molecule has 1 heterocycles. The lowest BCUT2D eigenvalue weighted by Crippen LogP contribution is -2.34. The molecule has 4 nitrogen and oxygen atoms in total. The van der Waals surface area contributed by atoms with Crippen molar-refractivity contribution in [2.24, 2.45) is 0 Å². The van der Waals surface area contributed by atoms with Crippen LogP contribution in [0.25, 0.3) is 22.5 Å². The summed E-state index contributed by atoms with van der Waals surface area (Å²) in [6.45, 7) is 5.67. The highest BCUT2D eigenvalue weighted by molar-refractivity contribution is 5.82. The number of aromatic nitrogens is 2. The molecular weight excluding hydrogens is 499 g/mol. The molecule has 2 aromatic carbocycles. The fourth-order valence-electron chi connectivity index (χ4n) is 4.92. The maximum Gasteiger partial charge on any atom is 0.348 e. The molecule has 0 spiro atoms. The number of ether oxygens (including phenoxy) is 1. The lowest BCUT2D eigenvalue weighted by atomic mass is 9.98. The second kappa shape index (κ2) is 16.9. The first kappa shape index (κ1) is 31.4. The van der Waals surface area contributed by atoms with E-state index in [4.69, 9.17) is 4.74 Å². The van der Waals surface area contributed by atoms with Gasteiger partial charge in [0, 0.05) is 18.0 Å². The molecule has 0 aliphatic heterocycles. The fourth-order valence-corrected chi connectivity index (χ4v) is 4.92. The Balaban J connectivity index is 1.57. The summed E-state index contributed by atoms with van der Waals surface area (Å²) in [6, 6.07) is 15.2. The zero-order valence-corrected chi connectivity index (χ0v) is 24.8. The van der Waals surface area contributed by atoms with E-state index >= 15 is 0 Å². The van der Waals surface area contributed by atoms with Crippen molar-refractivity contribution in [3.05, 3.63) is 66.5 Å². The van der Waals surface area contributed by atoms with Crippen molar-refractivity contribution in [3.8, 4) is 28.3 Å². The van der Waals surface area contributed by atoms with Crippen molar-refractivity contribution in [1.29, 1.82) is 0 Å². The Morgan fingerprint density at radius 1 is 0.750 bits per heavy atom. The summed E-state index contributed by atoms with van der Waals surface area (Å²) < 4.78 is 20.3. The maximum atomic E-state index is 14.9. The van der Waals surface area contributed by atoms with E-state index in [2.05, 4.69) is 23.8 Å². The number of aryl methyl sites for hydroxylation is 1. The summed E-state index contributed by atoms with van der Waals surface area (Å²) in [5.41, 5.74) is 2.06. The number of carbonyl (C=O) groups excluding carboxylic acids is 1. The zero-order chi connectivity index (χ0) is 28.6. The molecule has 0 saturated heterocycles. The van der Waals surface area contributed by atoms with Crippen LogP contribution in [-0.2, 0) is 11.2 Å². The maximum absolute atomic E-state index is 14.9. The highest BCUT2D eigenvalue weighted by Crippen LogP contribution is 2.32. The van der Waals surface area contributed by atoms with Gasteiger partial charge in [-0.3, -0.25) is 0 Å². The summed E-state index contributed by atoms with van der Waals surface area (Å²) in [4.78, 5) is 21.8. The summed E-state index contributed by atoms with van der Waals surface area (Å²) >= 11 is 0. The van der Waals surface area contributed by atoms with Gasteiger partial charge in [0.2, 0.25) is 5.67 Å². The van der Waals surface area contributed by atoms with Crippen LogP contribution in [0.1, 0.15) is 110 Å². The summed E-state index contributed by atoms with van der Waals surface area (Å²) in [6.07, 6.45) is 19.2. The number of nitrogens with zero attached hydrogens (tertiary/aromatic N) is 2. The van der Waals surface area contributed by atoms with Crippen LogP contribution >= 0.6 is 0 Å². The van der Waals surface area contributed by atoms with Crippen LogP contribution in [0.5, 0.6) is 5.75 Å². The van der Waals surface area contributed by atoms with Gasteiger partial charge in [-0.1, -0.05) is 114 Å². The standard InChI is InChI=1S/C35H47FN2O2/c1-4-6-8-10-11-12-13-14-18-28-26-37-33(38-27-28)32-20-16-15-19-31(32)29-21-23-30(24-22-29)40-34(39)35(3,36)25-17-9-7-5-2/h15-16,19-24,26-27H,4-14,17-18,25H2,1-3H3. The van der Waals surface area contributed by atoms with Gasteiger partial charge < -0.3 is 4.74 Å². The SMILES string of the molecule is CCCCCCCCCCc1cnc(-c2ccccc2-c2ccc(OC(=O)C(C)(F)CCCCCC)cc2)nc1. The number of alkyl halides is 1. The third kappa shape index (κ3) is 10.1. The molecule has 0 fully saturated rings. The zero-order valence-electron chi connectivity index (χ0n) is 24.8. The summed E-state index contributed by atoms with van der Waals surface area (Å²) in [5, 5.41) is 0. The number of hydrogen-bond donors (Lipinski definition) is 0. The Hall–Kier alpha value is -3.08. The van der Waals surface area contributed by atoms with Crippen molar-refractivity contribution in [2.45, 2.75) is 116 Å². The number of benzene rings is 2. The molecule has 3 rings (SSSR count). The minimum atomic E-state index is -1.99. The smallest absolute Gasteiger partial charge is 0.348 e. The Morgan fingerprint density at radius 2 is 1.30 bits per heavy atom. The van der Waals surface area contributed by atoms with Gasteiger partial charge in [-0.2, -0.15) is 0 Å². The van der Waals surface area contributed by atoms with E-state index in [1.54, 1.807) is 12.1 Å². The third-order valence-corrected chi connectivity index (χ3v) is 7.49. The molecule has 1 aromatic heterocycles. The van der Waals surface area contributed by atoms with Crippen LogP contribution in [0, 0.1) is 0 Å². The van der Waals surface area contributed by atoms with Crippen molar-refractivity contribution >= 4 is 5.97 Å². The van der Waals surface area contributed by atoms with Gasteiger partial charge in [0.05, 0.1) is 0 Å². The average molecular weight is 547 g/mol. The lowest BCUT2D eigenvalue weighted by molar-refractivity contribution is -0.147. The van der Waals surface area contributed by atoms with Crippen LogP contribution in [0.15, 0.2) is 60.9 Å². The van der Waals surface area contributed by atoms with Gasteiger partial charge in [0.25, 0.3) is 0 Å². The molecule has 5 heteroatoms. The van der Waals surface area contributed by atoms with Crippen molar-refractivity contribution in [1.82, 2.24) is 9.97 Å². The first-order valence-electron chi connectivity index (χ1n) is 15.4. The van der Waals surface area contributed by atoms with Gasteiger partial charge in [-0.25, -0.2) is 19.2 Å². The Bertz CT molecular complexity index is 1140. The number of unbranched alkanes of at least 4 members (excludes halogenated alkanes) is 10. The highest BCUT2D eigenvalue weighted by atomic mass is 19.1. The molecule has 0 radical (unpaired) electrons. The van der Waals surface area contributed by atoms with Crippen LogP contribution in [0.4, 0.5) is 4.39 Å². The number of rotatable bonds is 18. The largest absolute Gasteiger partial charge is 0.424 e. The van der Waals surface area contributed by atoms with Gasteiger partial charge in [-0.05, 0) is 61.4 Å². The second-order valence-electron chi connectivity index (χ2n) is 11.1. The lowest BCUT2D eigenvalue weighted by Gasteiger charge is -2.18. The molecule has 0 saturated carbocycles. The van der Waals surface area contributed by atoms with Crippen LogP contribution in [0.3, 0.4) is 0 Å². The number of carbonyl (C=O) groups is 1. The Morgan fingerprint density at radius 3 is 1.93 bits per heavy atom. The molecule has 216 valence electrons. The molecular formula is C35H47FN2O2. The summed E-state index contributed by atoms with van der Waals surface area (Å²) in [7, 11) is 0. The van der Waals surface area contributed by atoms with E-state index < -0.39 is 11.6 Å². The van der Waals surface area contributed by atoms with Gasteiger partial charge in [-0.15, -0.1) is 0 Å². The monoisotopic (exact) mass is 546 g/mol. The minimum Gasteiger partial charge on any atom is -0.424 e. The first-order chi connectivity index (χ1) is 19.4. The van der Waals surface area contributed by atoms with E-state index in [1.165, 1.54) is 63.9 Å². The predicted molar refractivity (Wildman–Crippen MR) is 163 cm³/mol. The molecule has 40 heavy (non-hydrogen) atoms. The van der Waals surface area contributed by atoms with Crippen LogP contribution in [0.2, 0.25) is 0 Å². The van der Waals surface area contributed by atoms with Gasteiger partial charge in [0.15, 0.2) is 5.82 Å². The summed E-state index contributed by atoms with van der Waals surface area (Å²) in [5.74, 6) is 0.185. The van der Waals surface area contributed by atoms with Gasteiger partial charge >= 0.3 is 5.97 Å². The predicted octanol–water partition coefficient (Wildman–Crippen LogP) is 10.1. The van der Waals surface area contributed by atoms with E-state index in [0.717, 1.165) is 42.4 Å².